The number of hydrogen-bond acceptors (Lipinski definition) is 6. The largest absolute Gasteiger partial charge is 0.493 e. The lowest BCUT2D eigenvalue weighted by Crippen LogP contribution is -2.44. The zero-order chi connectivity index (χ0) is 26.2. The SMILES string of the molecule is CCc1ccc(C(=O)[C@@H]2[C@@H](c3ccc(OC)c(OC)c3)C(C#N)(C#N)[C@@H]3C=Cc4ccccc4N23)cc1. The average Bonchev–Trinajstić information content (AvgIpc) is 3.27. The van der Waals surface area contributed by atoms with E-state index in [9.17, 15) is 15.3 Å². The summed E-state index contributed by atoms with van der Waals surface area (Å²) < 4.78 is 11.0. The van der Waals surface area contributed by atoms with Gasteiger partial charge in [0, 0.05) is 17.2 Å². The fourth-order valence-electron chi connectivity index (χ4n) is 5.73. The van der Waals surface area contributed by atoms with Crippen LogP contribution in [0.25, 0.3) is 6.08 Å². The quantitative estimate of drug-likeness (QED) is 0.422. The van der Waals surface area contributed by atoms with Crippen LogP contribution in [0.5, 0.6) is 11.5 Å². The van der Waals surface area contributed by atoms with Gasteiger partial charge in [-0.15, -0.1) is 0 Å². The Labute approximate surface area is 217 Å². The standard InChI is InChI=1S/C31H27N3O3/c1-4-20-9-11-22(12-10-20)30(35)29-28(23-13-15-25(36-2)26(17-23)37-3)31(18-32,19-33)27-16-14-21-7-5-6-8-24(21)34(27)29/h5-17,27-29H,4H2,1-3H3/t27-,28+,29-/m0/s1. The van der Waals surface area contributed by atoms with Gasteiger partial charge in [-0.05, 0) is 41.3 Å². The van der Waals surface area contributed by atoms with Crippen molar-refractivity contribution in [3.63, 3.8) is 0 Å². The van der Waals surface area contributed by atoms with E-state index in [-0.39, 0.29) is 5.78 Å². The van der Waals surface area contributed by atoms with Gasteiger partial charge in [-0.1, -0.05) is 67.6 Å². The molecule has 2 aliphatic rings. The van der Waals surface area contributed by atoms with Gasteiger partial charge in [-0.2, -0.15) is 10.5 Å². The monoisotopic (exact) mass is 489 g/mol. The number of nitrogens with zero attached hydrogens (tertiary/aromatic N) is 3. The molecule has 0 aromatic heterocycles. The molecule has 6 heteroatoms. The van der Waals surface area contributed by atoms with Crippen molar-refractivity contribution in [1.82, 2.24) is 0 Å². The Morgan fingerprint density at radius 3 is 2.32 bits per heavy atom. The van der Waals surface area contributed by atoms with Crippen molar-refractivity contribution < 1.29 is 14.3 Å². The van der Waals surface area contributed by atoms with Crippen molar-refractivity contribution in [3.05, 3.63) is 95.1 Å². The zero-order valence-corrected chi connectivity index (χ0v) is 21.0. The first-order chi connectivity index (χ1) is 18.0. The highest BCUT2D eigenvalue weighted by Gasteiger charge is 2.63. The second-order valence-electron chi connectivity index (χ2n) is 9.31. The molecule has 3 aromatic carbocycles. The highest BCUT2D eigenvalue weighted by atomic mass is 16.5. The van der Waals surface area contributed by atoms with Crippen LogP contribution in [-0.2, 0) is 6.42 Å². The summed E-state index contributed by atoms with van der Waals surface area (Å²) in [4.78, 5) is 16.3. The van der Waals surface area contributed by atoms with Crippen LogP contribution in [0.4, 0.5) is 5.69 Å². The van der Waals surface area contributed by atoms with Gasteiger partial charge >= 0.3 is 0 Å². The van der Waals surface area contributed by atoms with Crippen LogP contribution < -0.4 is 14.4 Å². The third-order valence-corrected chi connectivity index (χ3v) is 7.60. The lowest BCUT2D eigenvalue weighted by molar-refractivity contribution is 0.0951. The third kappa shape index (κ3) is 3.65. The van der Waals surface area contributed by atoms with Gasteiger partial charge in [0.1, 0.15) is 6.04 Å². The topological polar surface area (TPSA) is 86.3 Å². The number of Topliss-reactive ketones (excluding diaryl/α,β-unsaturated/α-hetero) is 1. The zero-order valence-electron chi connectivity index (χ0n) is 21.0. The van der Waals surface area contributed by atoms with E-state index in [1.807, 2.05) is 71.6 Å². The molecule has 2 aliphatic heterocycles. The number of nitriles is 2. The van der Waals surface area contributed by atoms with E-state index in [2.05, 4.69) is 19.1 Å². The minimum Gasteiger partial charge on any atom is -0.493 e. The predicted octanol–water partition coefficient (Wildman–Crippen LogP) is 5.55. The summed E-state index contributed by atoms with van der Waals surface area (Å²) in [5, 5.41) is 21.2. The second-order valence-corrected chi connectivity index (χ2v) is 9.31. The van der Waals surface area contributed by atoms with E-state index < -0.39 is 23.4 Å². The number of rotatable bonds is 6. The molecule has 3 aromatic rings. The number of ether oxygens (including phenoxy) is 2. The smallest absolute Gasteiger partial charge is 0.185 e. The van der Waals surface area contributed by atoms with Gasteiger partial charge in [0.2, 0.25) is 0 Å². The number of fused-ring (bicyclic) bond motifs is 3. The molecule has 184 valence electrons. The van der Waals surface area contributed by atoms with Crippen LogP contribution in [0.1, 0.15) is 39.9 Å². The molecule has 0 saturated carbocycles. The van der Waals surface area contributed by atoms with Gasteiger partial charge in [-0.25, -0.2) is 0 Å². The van der Waals surface area contributed by atoms with Crippen LogP contribution in [0.15, 0.2) is 72.8 Å². The Kier molecular flexibility index (Phi) is 6.19. The van der Waals surface area contributed by atoms with Crippen molar-refractivity contribution >= 4 is 17.5 Å². The van der Waals surface area contributed by atoms with E-state index in [4.69, 9.17) is 9.47 Å². The van der Waals surface area contributed by atoms with E-state index in [1.54, 1.807) is 19.2 Å². The molecule has 0 aliphatic carbocycles. The van der Waals surface area contributed by atoms with Gasteiger partial charge in [0.15, 0.2) is 22.7 Å². The third-order valence-electron chi connectivity index (χ3n) is 7.60. The number of methoxy groups -OCH3 is 2. The molecule has 0 unspecified atom stereocenters. The van der Waals surface area contributed by atoms with Crippen molar-refractivity contribution in [2.45, 2.75) is 31.3 Å². The minimum atomic E-state index is -1.52. The summed E-state index contributed by atoms with van der Waals surface area (Å²) in [6.07, 6.45) is 4.69. The highest BCUT2D eigenvalue weighted by molar-refractivity contribution is 6.04. The lowest BCUT2D eigenvalue weighted by Gasteiger charge is -2.35. The van der Waals surface area contributed by atoms with Gasteiger partial charge in [0.25, 0.3) is 0 Å². The summed E-state index contributed by atoms with van der Waals surface area (Å²) >= 11 is 0. The van der Waals surface area contributed by atoms with Crippen molar-refractivity contribution in [2.24, 2.45) is 5.41 Å². The first-order valence-electron chi connectivity index (χ1n) is 12.3. The van der Waals surface area contributed by atoms with Gasteiger partial charge < -0.3 is 14.4 Å². The van der Waals surface area contributed by atoms with Gasteiger partial charge in [-0.3, -0.25) is 4.79 Å². The van der Waals surface area contributed by atoms with Crippen LogP contribution in [0.2, 0.25) is 0 Å². The van der Waals surface area contributed by atoms with Crippen molar-refractivity contribution in [3.8, 4) is 23.6 Å². The minimum absolute atomic E-state index is 0.134. The van der Waals surface area contributed by atoms with Crippen molar-refractivity contribution in [1.29, 1.82) is 10.5 Å². The first kappa shape index (κ1) is 24.2. The molecule has 5 rings (SSSR count). The molecule has 37 heavy (non-hydrogen) atoms. The van der Waals surface area contributed by atoms with Crippen molar-refractivity contribution in [2.75, 3.05) is 19.1 Å². The fourth-order valence-corrected chi connectivity index (χ4v) is 5.73. The Hall–Kier alpha value is -4.55. The number of anilines is 1. The van der Waals surface area contributed by atoms with E-state index >= 15 is 0 Å². The molecule has 6 nitrogen and oxygen atoms in total. The summed E-state index contributed by atoms with van der Waals surface area (Å²) in [7, 11) is 3.09. The Morgan fingerprint density at radius 1 is 0.973 bits per heavy atom. The Bertz CT molecular complexity index is 1450. The summed E-state index contributed by atoms with van der Waals surface area (Å²) in [6, 6.07) is 24.0. The Balaban J connectivity index is 1.76. The Morgan fingerprint density at radius 2 is 1.68 bits per heavy atom. The lowest BCUT2D eigenvalue weighted by atomic mass is 9.69. The number of hydrogen-bond donors (Lipinski definition) is 0. The number of carbonyl (C=O) groups is 1. The molecular weight excluding hydrogens is 462 g/mol. The van der Waals surface area contributed by atoms with Crippen LogP contribution in [0, 0.1) is 28.1 Å². The maximum Gasteiger partial charge on any atom is 0.185 e. The predicted molar refractivity (Wildman–Crippen MR) is 142 cm³/mol. The van der Waals surface area contributed by atoms with Gasteiger partial charge in [0.05, 0.1) is 32.4 Å². The number of carbonyl (C=O) groups excluding carboxylic acids is 1. The highest BCUT2D eigenvalue weighted by Crippen LogP contribution is 2.56. The molecule has 2 heterocycles. The number of para-hydroxylation sites is 1. The average molecular weight is 490 g/mol. The maximum atomic E-state index is 14.4. The second kappa shape index (κ2) is 9.48. The molecular formula is C31H27N3O3. The first-order valence-corrected chi connectivity index (χ1v) is 12.3. The number of benzene rings is 3. The van der Waals surface area contributed by atoms with Crippen LogP contribution in [0.3, 0.4) is 0 Å². The molecule has 1 fully saturated rings. The van der Waals surface area contributed by atoms with E-state index in [1.165, 1.54) is 7.11 Å². The normalized spacial score (nSPS) is 20.8. The van der Waals surface area contributed by atoms with Crippen LogP contribution >= 0.6 is 0 Å². The van der Waals surface area contributed by atoms with E-state index in [0.29, 0.717) is 22.6 Å². The summed E-state index contributed by atoms with van der Waals surface area (Å²) in [6.45, 7) is 2.07. The molecule has 1 saturated heterocycles. The molecule has 0 bridgehead atoms. The van der Waals surface area contributed by atoms with Crippen LogP contribution in [-0.4, -0.2) is 32.1 Å². The molecule has 3 atom stereocenters. The molecule has 0 amide bonds. The number of aryl methyl sites for hydroxylation is 1. The fraction of sp³-hybridized carbons (Fsp3) is 0.258. The molecule has 0 N–H and O–H groups in total. The molecule has 0 radical (unpaired) electrons. The summed E-state index contributed by atoms with van der Waals surface area (Å²) in [5.41, 5.74) is 2.60. The number of ketones is 1. The molecule has 0 spiro atoms. The van der Waals surface area contributed by atoms with E-state index in [0.717, 1.165) is 23.2 Å². The summed E-state index contributed by atoms with van der Waals surface area (Å²) in [5.74, 6) is 0.125. The maximum absolute atomic E-state index is 14.4.